The minimum Gasteiger partial charge on any atom is -0.235 e. The number of rotatable bonds is 3. The number of aromatic nitrogens is 3. The smallest absolute Gasteiger partial charge is 0.156 e. The maximum Gasteiger partial charge on any atom is 0.156 e. The summed E-state index contributed by atoms with van der Waals surface area (Å²) in [5.74, 6) is 0.774. The van der Waals surface area contributed by atoms with Crippen LogP contribution in [0.1, 0.15) is 24.0 Å². The van der Waals surface area contributed by atoms with Crippen molar-refractivity contribution in [3.8, 4) is 0 Å². The number of halogens is 1. The summed E-state index contributed by atoms with van der Waals surface area (Å²) in [4.78, 5) is 13.1. The van der Waals surface area contributed by atoms with Crippen molar-refractivity contribution in [1.29, 1.82) is 0 Å². The first-order valence-electron chi connectivity index (χ1n) is 5.23. The third-order valence-corrected chi connectivity index (χ3v) is 4.70. The molecule has 2 rings (SSSR count). The van der Waals surface area contributed by atoms with E-state index in [9.17, 15) is 0 Å². The quantitative estimate of drug-likeness (QED) is 0.801. The molecule has 0 radical (unpaired) electrons. The Kier molecular flexibility index (Phi) is 4.01. The van der Waals surface area contributed by atoms with Crippen molar-refractivity contribution in [1.82, 2.24) is 15.0 Å². The van der Waals surface area contributed by atoms with Gasteiger partial charge in [-0.05, 0) is 25.6 Å². The maximum atomic E-state index is 6.09. The van der Waals surface area contributed by atoms with Crippen LogP contribution in [0.15, 0.2) is 14.7 Å². The van der Waals surface area contributed by atoms with E-state index in [1.54, 1.807) is 23.1 Å². The van der Waals surface area contributed by atoms with E-state index in [-0.39, 0.29) is 0 Å². The van der Waals surface area contributed by atoms with Gasteiger partial charge in [-0.1, -0.05) is 18.5 Å². The van der Waals surface area contributed by atoms with Gasteiger partial charge in [0.25, 0.3) is 0 Å². The van der Waals surface area contributed by atoms with Crippen LogP contribution in [0.2, 0.25) is 5.15 Å². The Morgan fingerprint density at radius 3 is 2.65 bits per heavy atom. The molecular formula is C11H12ClN3S2. The second-order valence-electron chi connectivity index (χ2n) is 3.57. The maximum absolute atomic E-state index is 6.09. The van der Waals surface area contributed by atoms with E-state index in [1.807, 2.05) is 26.2 Å². The summed E-state index contributed by atoms with van der Waals surface area (Å²) in [7, 11) is 0. The topological polar surface area (TPSA) is 38.7 Å². The standard InChI is InChI=1S/C11H12ClN3S2/c1-4-8-14-9(12)7(3)10(15-8)17-11-13-6(2)5-16-11/h5H,4H2,1-3H3. The summed E-state index contributed by atoms with van der Waals surface area (Å²) >= 11 is 9.26. The number of hydrogen-bond acceptors (Lipinski definition) is 5. The van der Waals surface area contributed by atoms with Gasteiger partial charge >= 0.3 is 0 Å². The highest BCUT2D eigenvalue weighted by Gasteiger charge is 2.11. The number of hydrogen-bond donors (Lipinski definition) is 0. The summed E-state index contributed by atoms with van der Waals surface area (Å²) in [6.07, 6.45) is 0.782. The largest absolute Gasteiger partial charge is 0.235 e. The molecule has 0 amide bonds. The van der Waals surface area contributed by atoms with Gasteiger partial charge in [-0.2, -0.15) is 0 Å². The Balaban J connectivity index is 2.34. The van der Waals surface area contributed by atoms with E-state index < -0.39 is 0 Å². The Morgan fingerprint density at radius 1 is 1.29 bits per heavy atom. The van der Waals surface area contributed by atoms with Gasteiger partial charge in [-0.25, -0.2) is 15.0 Å². The Bertz CT molecular complexity index is 540. The van der Waals surface area contributed by atoms with Gasteiger partial charge in [0.15, 0.2) is 4.34 Å². The minimum absolute atomic E-state index is 0.535. The molecule has 2 aromatic heterocycles. The van der Waals surface area contributed by atoms with Gasteiger partial charge in [-0.3, -0.25) is 0 Å². The second kappa shape index (κ2) is 5.33. The van der Waals surface area contributed by atoms with Crippen LogP contribution in [0.5, 0.6) is 0 Å². The minimum atomic E-state index is 0.535. The third-order valence-electron chi connectivity index (χ3n) is 2.19. The fourth-order valence-corrected chi connectivity index (χ4v) is 3.32. The Labute approximate surface area is 114 Å². The Hall–Kier alpha value is -0.650. The van der Waals surface area contributed by atoms with E-state index in [4.69, 9.17) is 11.6 Å². The van der Waals surface area contributed by atoms with Gasteiger partial charge in [0.05, 0.1) is 0 Å². The lowest BCUT2D eigenvalue weighted by atomic mass is 10.3. The van der Waals surface area contributed by atoms with Crippen LogP contribution in [0, 0.1) is 13.8 Å². The normalized spacial score (nSPS) is 10.8. The van der Waals surface area contributed by atoms with E-state index in [1.165, 1.54) is 0 Å². The van der Waals surface area contributed by atoms with Gasteiger partial charge < -0.3 is 0 Å². The van der Waals surface area contributed by atoms with Crippen molar-refractivity contribution in [2.75, 3.05) is 0 Å². The molecule has 0 spiro atoms. The van der Waals surface area contributed by atoms with Crippen molar-refractivity contribution < 1.29 is 0 Å². The van der Waals surface area contributed by atoms with Crippen LogP contribution in [-0.2, 0) is 6.42 Å². The van der Waals surface area contributed by atoms with Crippen LogP contribution < -0.4 is 0 Å². The van der Waals surface area contributed by atoms with Crippen LogP contribution >= 0.6 is 34.7 Å². The SMILES string of the molecule is CCc1nc(Cl)c(C)c(Sc2nc(C)cs2)n1. The average molecular weight is 286 g/mol. The molecule has 0 fully saturated rings. The lowest BCUT2D eigenvalue weighted by molar-refractivity contribution is 0.871. The van der Waals surface area contributed by atoms with Crippen molar-refractivity contribution in [2.45, 2.75) is 36.6 Å². The summed E-state index contributed by atoms with van der Waals surface area (Å²) in [6, 6.07) is 0. The van der Waals surface area contributed by atoms with Gasteiger partial charge in [-0.15, -0.1) is 11.3 Å². The molecule has 2 aromatic rings. The molecule has 0 aliphatic heterocycles. The van der Waals surface area contributed by atoms with Crippen LogP contribution in [0.3, 0.4) is 0 Å². The molecule has 17 heavy (non-hydrogen) atoms. The molecule has 0 aliphatic rings. The van der Waals surface area contributed by atoms with Gasteiger partial charge in [0, 0.05) is 23.1 Å². The molecule has 0 saturated heterocycles. The highest BCUT2D eigenvalue weighted by molar-refractivity contribution is 8.01. The lowest BCUT2D eigenvalue weighted by Gasteiger charge is -2.06. The number of nitrogens with zero attached hydrogens (tertiary/aromatic N) is 3. The molecule has 90 valence electrons. The predicted octanol–water partition coefficient (Wildman–Crippen LogP) is 3.92. The molecule has 0 aliphatic carbocycles. The molecule has 0 aromatic carbocycles. The fraction of sp³-hybridized carbons (Fsp3) is 0.364. The summed E-state index contributed by atoms with van der Waals surface area (Å²) in [5, 5.41) is 3.46. The number of thiazole rings is 1. The van der Waals surface area contributed by atoms with E-state index in [2.05, 4.69) is 15.0 Å². The zero-order valence-corrected chi connectivity index (χ0v) is 12.2. The zero-order chi connectivity index (χ0) is 12.4. The average Bonchev–Trinajstić information content (AvgIpc) is 2.70. The number of aryl methyl sites for hydroxylation is 2. The molecule has 0 N–H and O–H groups in total. The molecule has 3 nitrogen and oxygen atoms in total. The summed E-state index contributed by atoms with van der Waals surface area (Å²) in [6.45, 7) is 5.94. The monoisotopic (exact) mass is 285 g/mol. The summed E-state index contributed by atoms with van der Waals surface area (Å²) in [5.41, 5.74) is 1.95. The van der Waals surface area contributed by atoms with Gasteiger partial charge in [0.2, 0.25) is 0 Å². The van der Waals surface area contributed by atoms with Crippen LogP contribution in [-0.4, -0.2) is 15.0 Å². The van der Waals surface area contributed by atoms with Crippen molar-refractivity contribution >= 4 is 34.7 Å². The van der Waals surface area contributed by atoms with Crippen molar-refractivity contribution in [3.63, 3.8) is 0 Å². The first-order valence-corrected chi connectivity index (χ1v) is 7.30. The molecule has 0 atom stereocenters. The summed E-state index contributed by atoms with van der Waals surface area (Å²) < 4.78 is 0.988. The fourth-order valence-electron chi connectivity index (χ4n) is 1.23. The van der Waals surface area contributed by atoms with Gasteiger partial charge in [0.1, 0.15) is 16.0 Å². The predicted molar refractivity (Wildman–Crippen MR) is 72.1 cm³/mol. The van der Waals surface area contributed by atoms with Crippen LogP contribution in [0.4, 0.5) is 0 Å². The third kappa shape index (κ3) is 2.97. The molecule has 2 heterocycles. The highest BCUT2D eigenvalue weighted by Crippen LogP contribution is 2.33. The Morgan fingerprint density at radius 2 is 2.06 bits per heavy atom. The lowest BCUT2D eigenvalue weighted by Crippen LogP contribution is -1.98. The zero-order valence-electron chi connectivity index (χ0n) is 9.82. The second-order valence-corrected chi connectivity index (χ2v) is 6.02. The van der Waals surface area contributed by atoms with Crippen molar-refractivity contribution in [3.05, 3.63) is 27.6 Å². The first kappa shape index (κ1) is 12.8. The first-order chi connectivity index (χ1) is 8.10. The van der Waals surface area contributed by atoms with E-state index in [0.29, 0.717) is 5.15 Å². The molecule has 0 unspecified atom stereocenters. The van der Waals surface area contributed by atoms with E-state index >= 15 is 0 Å². The molecule has 6 heteroatoms. The van der Waals surface area contributed by atoms with Crippen molar-refractivity contribution in [2.24, 2.45) is 0 Å². The highest BCUT2D eigenvalue weighted by atomic mass is 35.5. The molecule has 0 saturated carbocycles. The molecular weight excluding hydrogens is 274 g/mol. The van der Waals surface area contributed by atoms with Crippen LogP contribution in [0.25, 0.3) is 0 Å². The molecule has 0 bridgehead atoms. The van der Waals surface area contributed by atoms with E-state index in [0.717, 1.165) is 32.9 Å².